The van der Waals surface area contributed by atoms with Gasteiger partial charge in [0.15, 0.2) is 6.61 Å². The minimum absolute atomic E-state index is 0.269. The monoisotopic (exact) mass is 357 g/mol. The number of methoxy groups -OCH3 is 1. The van der Waals surface area contributed by atoms with Gasteiger partial charge in [0.1, 0.15) is 11.8 Å². The fourth-order valence-electron chi connectivity index (χ4n) is 2.14. The van der Waals surface area contributed by atoms with E-state index in [1.54, 1.807) is 12.1 Å². The second kappa shape index (κ2) is 9.83. The van der Waals surface area contributed by atoms with E-state index in [1.807, 2.05) is 30.3 Å². The predicted octanol–water partition coefficient (Wildman–Crippen LogP) is 1.74. The van der Waals surface area contributed by atoms with Crippen molar-refractivity contribution in [3.05, 3.63) is 66.1 Å². The quantitative estimate of drug-likeness (QED) is 0.571. The van der Waals surface area contributed by atoms with Crippen LogP contribution in [0.3, 0.4) is 0 Å². The Hall–Kier alpha value is -3.35. The standard InChI is InChI=1S/C19H19NO6/c1-24-19(23)16(12-14-6-3-2-4-7-14)20-17(21)13-26-18(22)10-9-15-8-5-11-25-15/h2-11,16H,12-13H2,1H3,(H,20,21)/b10-9+/t16-/m0/s1. The van der Waals surface area contributed by atoms with Crippen molar-refractivity contribution in [1.29, 1.82) is 0 Å². The molecule has 0 spiro atoms. The molecule has 1 aromatic heterocycles. The van der Waals surface area contributed by atoms with Crippen molar-refractivity contribution in [3.63, 3.8) is 0 Å². The Bertz CT molecular complexity index is 752. The molecule has 0 bridgehead atoms. The van der Waals surface area contributed by atoms with Crippen LogP contribution >= 0.6 is 0 Å². The van der Waals surface area contributed by atoms with Crippen molar-refractivity contribution >= 4 is 23.9 Å². The van der Waals surface area contributed by atoms with Crippen LogP contribution in [-0.2, 0) is 30.3 Å². The summed E-state index contributed by atoms with van der Waals surface area (Å²) in [6, 6.07) is 11.7. The molecule has 0 aliphatic heterocycles. The van der Waals surface area contributed by atoms with Gasteiger partial charge in [-0.2, -0.15) is 0 Å². The number of esters is 2. The zero-order valence-electron chi connectivity index (χ0n) is 14.2. The first-order valence-electron chi connectivity index (χ1n) is 7.88. The van der Waals surface area contributed by atoms with Gasteiger partial charge in [-0.3, -0.25) is 4.79 Å². The van der Waals surface area contributed by atoms with E-state index in [1.165, 1.54) is 19.4 Å². The minimum Gasteiger partial charge on any atom is -0.467 e. The molecule has 0 saturated heterocycles. The van der Waals surface area contributed by atoms with Gasteiger partial charge in [-0.25, -0.2) is 9.59 Å². The first-order chi connectivity index (χ1) is 12.6. The van der Waals surface area contributed by atoms with Gasteiger partial charge in [-0.1, -0.05) is 30.3 Å². The molecular weight excluding hydrogens is 338 g/mol. The van der Waals surface area contributed by atoms with Crippen LogP contribution in [0.1, 0.15) is 11.3 Å². The van der Waals surface area contributed by atoms with Crippen LogP contribution in [0.5, 0.6) is 0 Å². The molecule has 0 unspecified atom stereocenters. The largest absolute Gasteiger partial charge is 0.467 e. The number of amides is 1. The summed E-state index contributed by atoms with van der Waals surface area (Å²) >= 11 is 0. The zero-order valence-corrected chi connectivity index (χ0v) is 14.2. The van der Waals surface area contributed by atoms with Gasteiger partial charge in [0.05, 0.1) is 13.4 Å². The first kappa shape index (κ1) is 19.0. The van der Waals surface area contributed by atoms with Crippen LogP contribution in [0.4, 0.5) is 0 Å². The van der Waals surface area contributed by atoms with Gasteiger partial charge in [-0.15, -0.1) is 0 Å². The summed E-state index contributed by atoms with van der Waals surface area (Å²) in [4.78, 5) is 35.4. The highest BCUT2D eigenvalue weighted by molar-refractivity contribution is 5.90. The van der Waals surface area contributed by atoms with Gasteiger partial charge >= 0.3 is 11.9 Å². The molecule has 2 aromatic rings. The second-order valence-electron chi connectivity index (χ2n) is 5.29. The Balaban J connectivity index is 1.84. The average Bonchev–Trinajstić information content (AvgIpc) is 3.18. The number of nitrogens with one attached hydrogen (secondary N) is 1. The van der Waals surface area contributed by atoms with Crippen LogP contribution in [0.25, 0.3) is 6.08 Å². The maximum Gasteiger partial charge on any atom is 0.331 e. The molecular formula is C19H19NO6. The second-order valence-corrected chi connectivity index (χ2v) is 5.29. The van der Waals surface area contributed by atoms with Gasteiger partial charge in [0.25, 0.3) is 5.91 Å². The molecule has 0 fully saturated rings. The van der Waals surface area contributed by atoms with Gasteiger partial charge < -0.3 is 19.2 Å². The average molecular weight is 357 g/mol. The Morgan fingerprint density at radius 3 is 2.58 bits per heavy atom. The molecule has 1 atom stereocenters. The van der Waals surface area contributed by atoms with E-state index < -0.39 is 30.5 Å². The van der Waals surface area contributed by atoms with Crippen molar-refractivity contribution in [2.75, 3.05) is 13.7 Å². The van der Waals surface area contributed by atoms with Crippen molar-refractivity contribution < 1.29 is 28.3 Å². The lowest BCUT2D eigenvalue weighted by Gasteiger charge is -2.16. The number of furan rings is 1. The normalized spacial score (nSPS) is 11.7. The topological polar surface area (TPSA) is 94.8 Å². The summed E-state index contributed by atoms with van der Waals surface area (Å²) in [5.41, 5.74) is 0.863. The Morgan fingerprint density at radius 2 is 1.92 bits per heavy atom. The molecule has 0 aliphatic carbocycles. The fourth-order valence-corrected chi connectivity index (χ4v) is 2.14. The smallest absolute Gasteiger partial charge is 0.331 e. The van der Waals surface area contributed by atoms with Crippen LogP contribution in [0.15, 0.2) is 59.2 Å². The summed E-state index contributed by atoms with van der Waals surface area (Å²) in [6.45, 7) is -0.510. The first-order valence-corrected chi connectivity index (χ1v) is 7.88. The molecule has 1 heterocycles. The zero-order chi connectivity index (χ0) is 18.8. The number of rotatable bonds is 8. The lowest BCUT2D eigenvalue weighted by atomic mass is 10.1. The number of carbonyl (C=O) groups excluding carboxylic acids is 3. The summed E-state index contributed by atoms with van der Waals surface area (Å²) < 4.78 is 14.6. The molecule has 1 N–H and O–H groups in total. The minimum atomic E-state index is -0.868. The molecule has 0 radical (unpaired) electrons. The van der Waals surface area contributed by atoms with Crippen LogP contribution in [-0.4, -0.2) is 37.6 Å². The molecule has 1 aromatic carbocycles. The number of carbonyl (C=O) groups is 3. The molecule has 7 heteroatoms. The van der Waals surface area contributed by atoms with Gasteiger partial charge in [-0.05, 0) is 23.8 Å². The third-order valence-corrected chi connectivity index (χ3v) is 3.38. The fraction of sp³-hybridized carbons (Fsp3) is 0.211. The molecule has 0 aliphatic rings. The van der Waals surface area contributed by atoms with Crippen molar-refractivity contribution in [3.8, 4) is 0 Å². The third-order valence-electron chi connectivity index (χ3n) is 3.38. The SMILES string of the molecule is COC(=O)[C@H](Cc1ccccc1)NC(=O)COC(=O)/C=C/c1ccco1. The van der Waals surface area contributed by atoms with Crippen LogP contribution in [0, 0.1) is 0 Å². The summed E-state index contributed by atoms with van der Waals surface area (Å²) in [6.07, 6.45) is 4.31. The lowest BCUT2D eigenvalue weighted by molar-refractivity contribution is -0.147. The third kappa shape index (κ3) is 6.27. The predicted molar refractivity (Wildman–Crippen MR) is 92.8 cm³/mol. The molecule has 0 saturated carbocycles. The molecule has 1 amide bonds. The highest BCUT2D eigenvalue weighted by Gasteiger charge is 2.22. The van der Waals surface area contributed by atoms with Crippen LogP contribution in [0.2, 0.25) is 0 Å². The highest BCUT2D eigenvalue weighted by Crippen LogP contribution is 2.05. The van der Waals surface area contributed by atoms with Crippen molar-refractivity contribution in [2.24, 2.45) is 0 Å². The Labute approximate surface area is 150 Å². The number of ether oxygens (including phenoxy) is 2. The van der Waals surface area contributed by atoms with Crippen molar-refractivity contribution in [2.45, 2.75) is 12.5 Å². The lowest BCUT2D eigenvalue weighted by Crippen LogP contribution is -2.44. The van der Waals surface area contributed by atoms with E-state index in [9.17, 15) is 14.4 Å². The molecule has 26 heavy (non-hydrogen) atoms. The Kier molecular flexibility index (Phi) is 7.17. The Morgan fingerprint density at radius 1 is 1.15 bits per heavy atom. The number of benzene rings is 1. The number of hydrogen-bond acceptors (Lipinski definition) is 6. The molecule has 136 valence electrons. The van der Waals surface area contributed by atoms with Crippen LogP contribution < -0.4 is 5.32 Å². The van der Waals surface area contributed by atoms with E-state index in [4.69, 9.17) is 13.9 Å². The van der Waals surface area contributed by atoms with E-state index in [-0.39, 0.29) is 6.42 Å². The van der Waals surface area contributed by atoms with E-state index >= 15 is 0 Å². The van der Waals surface area contributed by atoms with Gasteiger partial charge in [0.2, 0.25) is 0 Å². The van der Waals surface area contributed by atoms with Gasteiger partial charge in [0, 0.05) is 12.5 Å². The molecule has 2 rings (SSSR count). The van der Waals surface area contributed by atoms with E-state index in [2.05, 4.69) is 5.32 Å². The summed E-state index contributed by atoms with van der Waals surface area (Å²) in [5, 5.41) is 2.51. The van der Waals surface area contributed by atoms with E-state index in [0.29, 0.717) is 5.76 Å². The summed E-state index contributed by atoms with van der Waals surface area (Å²) in [5.74, 6) is -1.39. The highest BCUT2D eigenvalue weighted by atomic mass is 16.5. The maximum absolute atomic E-state index is 12.0. The van der Waals surface area contributed by atoms with Crippen molar-refractivity contribution in [1.82, 2.24) is 5.32 Å². The summed E-state index contributed by atoms with van der Waals surface area (Å²) in [7, 11) is 1.24. The number of hydrogen-bond donors (Lipinski definition) is 1. The maximum atomic E-state index is 12.0. The molecule has 7 nitrogen and oxygen atoms in total. The van der Waals surface area contributed by atoms with E-state index in [0.717, 1.165) is 11.6 Å².